The zero-order valence-electron chi connectivity index (χ0n) is 21.9. The maximum absolute atomic E-state index is 5.30. The summed E-state index contributed by atoms with van der Waals surface area (Å²) < 4.78 is 0. The number of hydrogen-bond donors (Lipinski definition) is 0. The summed E-state index contributed by atoms with van der Waals surface area (Å²) in [5.41, 5.74) is 9.45. The number of rotatable bonds is 2. The van der Waals surface area contributed by atoms with Crippen LogP contribution in [0.25, 0.3) is 66.2 Å². The lowest BCUT2D eigenvalue weighted by Crippen LogP contribution is -2.15. The minimum absolute atomic E-state index is 0.0809. The van der Waals surface area contributed by atoms with Crippen molar-refractivity contribution in [1.29, 1.82) is 0 Å². The predicted molar refractivity (Wildman–Crippen MR) is 163 cm³/mol. The maximum Gasteiger partial charge on any atom is 0.161 e. The van der Waals surface area contributed by atoms with Crippen LogP contribution in [0.15, 0.2) is 121 Å². The van der Waals surface area contributed by atoms with Gasteiger partial charge in [-0.1, -0.05) is 129 Å². The van der Waals surface area contributed by atoms with E-state index < -0.39 is 0 Å². The summed E-state index contributed by atoms with van der Waals surface area (Å²) in [6.07, 6.45) is 0. The molecule has 39 heavy (non-hydrogen) atoms. The normalized spacial score (nSPS) is 13.6. The summed E-state index contributed by atoms with van der Waals surface area (Å²) >= 11 is 0. The van der Waals surface area contributed by atoms with Gasteiger partial charge < -0.3 is 0 Å². The van der Waals surface area contributed by atoms with E-state index in [1.807, 2.05) is 0 Å². The zero-order valence-corrected chi connectivity index (χ0v) is 21.9. The van der Waals surface area contributed by atoms with Crippen LogP contribution < -0.4 is 0 Å². The largest absolute Gasteiger partial charge is 0.228 e. The van der Waals surface area contributed by atoms with Crippen LogP contribution in [0.3, 0.4) is 0 Å². The zero-order chi connectivity index (χ0) is 26.1. The van der Waals surface area contributed by atoms with Gasteiger partial charge in [0, 0.05) is 21.9 Å². The molecule has 1 aromatic heterocycles. The number of fused-ring (bicyclic) bond motifs is 8. The number of aromatic nitrogens is 2. The highest BCUT2D eigenvalue weighted by Gasteiger charge is 2.36. The van der Waals surface area contributed by atoms with E-state index in [9.17, 15) is 0 Å². The molecule has 1 aliphatic rings. The van der Waals surface area contributed by atoms with Crippen LogP contribution in [0.5, 0.6) is 0 Å². The van der Waals surface area contributed by atoms with E-state index in [4.69, 9.17) is 9.97 Å². The van der Waals surface area contributed by atoms with Gasteiger partial charge in [-0.3, -0.25) is 0 Å². The lowest BCUT2D eigenvalue weighted by Gasteiger charge is -2.23. The Balaban J connectivity index is 1.44. The molecule has 184 valence electrons. The van der Waals surface area contributed by atoms with Crippen LogP contribution in [-0.2, 0) is 5.41 Å². The number of nitrogens with zero attached hydrogens (tertiary/aromatic N) is 2. The second kappa shape index (κ2) is 8.09. The molecule has 0 fully saturated rings. The molecule has 0 saturated heterocycles. The second-order valence-electron chi connectivity index (χ2n) is 11.0. The molecule has 0 N–H and O–H groups in total. The predicted octanol–water partition coefficient (Wildman–Crippen LogP) is 9.58. The van der Waals surface area contributed by atoms with E-state index in [0.29, 0.717) is 0 Å². The van der Waals surface area contributed by atoms with Crippen LogP contribution >= 0.6 is 0 Å². The third kappa shape index (κ3) is 3.15. The molecule has 6 aromatic carbocycles. The molecule has 0 amide bonds. The van der Waals surface area contributed by atoms with Crippen molar-refractivity contribution in [3.05, 3.63) is 132 Å². The molecule has 1 heterocycles. The Morgan fingerprint density at radius 1 is 0.513 bits per heavy atom. The molecule has 0 atom stereocenters. The van der Waals surface area contributed by atoms with Crippen LogP contribution in [-0.4, -0.2) is 9.97 Å². The molecule has 2 nitrogen and oxygen atoms in total. The topological polar surface area (TPSA) is 25.8 Å². The molecule has 0 aliphatic heterocycles. The fourth-order valence-electron chi connectivity index (χ4n) is 6.68. The SMILES string of the molecule is CC1(C)c2ccccc2-c2ccc3c(-c4nc(-c5ccccc5)c5c(ccc6ccccc65)n4)cccc3c21. The minimum Gasteiger partial charge on any atom is -0.228 e. The summed E-state index contributed by atoms with van der Waals surface area (Å²) in [4.78, 5) is 10.5. The first-order valence-electron chi connectivity index (χ1n) is 13.5. The summed E-state index contributed by atoms with van der Waals surface area (Å²) in [5.74, 6) is 0.760. The van der Waals surface area contributed by atoms with Gasteiger partial charge in [0.05, 0.1) is 11.2 Å². The van der Waals surface area contributed by atoms with Crippen LogP contribution in [0.4, 0.5) is 0 Å². The van der Waals surface area contributed by atoms with Crippen LogP contribution in [0.2, 0.25) is 0 Å². The standard InChI is InChI=1S/C37H26N2/c1-37(2)31-18-9-8-15-27(31)29-21-20-26-28(34(29)37)16-10-17-30(26)36-38-32-22-19-23-11-6-7-14-25(23)33(32)35(39-36)24-12-4-3-5-13-24/h3-22H,1-2H3. The fraction of sp³-hybridized carbons (Fsp3) is 0.0811. The molecule has 0 unspecified atom stereocenters. The van der Waals surface area contributed by atoms with Crippen molar-refractivity contribution in [1.82, 2.24) is 9.97 Å². The van der Waals surface area contributed by atoms with E-state index >= 15 is 0 Å². The average molecular weight is 499 g/mol. The summed E-state index contributed by atoms with van der Waals surface area (Å²) in [6, 6.07) is 43.3. The van der Waals surface area contributed by atoms with Gasteiger partial charge in [-0.05, 0) is 49.9 Å². The molecule has 2 heteroatoms. The smallest absolute Gasteiger partial charge is 0.161 e. The molecule has 7 aromatic rings. The van der Waals surface area contributed by atoms with Gasteiger partial charge in [-0.25, -0.2) is 9.97 Å². The first-order valence-corrected chi connectivity index (χ1v) is 13.5. The van der Waals surface area contributed by atoms with E-state index in [1.54, 1.807) is 0 Å². The summed E-state index contributed by atoms with van der Waals surface area (Å²) in [5, 5.41) is 5.93. The van der Waals surface area contributed by atoms with Gasteiger partial charge in [0.25, 0.3) is 0 Å². The number of hydrogen-bond acceptors (Lipinski definition) is 2. The van der Waals surface area contributed by atoms with Gasteiger partial charge in [0.1, 0.15) is 0 Å². The Hall–Kier alpha value is -4.82. The molecule has 0 radical (unpaired) electrons. The fourth-order valence-corrected chi connectivity index (χ4v) is 6.68. The van der Waals surface area contributed by atoms with Crippen molar-refractivity contribution in [3.63, 3.8) is 0 Å². The van der Waals surface area contributed by atoms with Gasteiger partial charge >= 0.3 is 0 Å². The molecule has 1 aliphatic carbocycles. The minimum atomic E-state index is -0.0809. The van der Waals surface area contributed by atoms with Crippen molar-refractivity contribution in [2.75, 3.05) is 0 Å². The van der Waals surface area contributed by atoms with E-state index in [0.717, 1.165) is 33.5 Å². The summed E-state index contributed by atoms with van der Waals surface area (Å²) in [7, 11) is 0. The van der Waals surface area contributed by atoms with Gasteiger partial charge in [0.15, 0.2) is 5.82 Å². The first-order chi connectivity index (χ1) is 19.1. The van der Waals surface area contributed by atoms with E-state index in [1.165, 1.54) is 43.8 Å². The Morgan fingerprint density at radius 2 is 1.26 bits per heavy atom. The maximum atomic E-state index is 5.30. The Morgan fingerprint density at radius 3 is 2.15 bits per heavy atom. The Kier molecular flexibility index (Phi) is 4.60. The van der Waals surface area contributed by atoms with Crippen LogP contribution in [0.1, 0.15) is 25.0 Å². The number of benzene rings is 6. The molecular formula is C37H26N2. The van der Waals surface area contributed by atoms with E-state index in [2.05, 4.69) is 135 Å². The molecule has 8 rings (SSSR count). The Labute approximate surface area is 227 Å². The quantitative estimate of drug-likeness (QED) is 0.222. The Bertz CT molecular complexity index is 2090. The molecule has 0 saturated carbocycles. The molecular weight excluding hydrogens is 472 g/mol. The highest BCUT2D eigenvalue weighted by atomic mass is 14.9. The van der Waals surface area contributed by atoms with Crippen molar-refractivity contribution in [3.8, 4) is 33.8 Å². The van der Waals surface area contributed by atoms with Crippen molar-refractivity contribution in [2.24, 2.45) is 0 Å². The molecule has 0 bridgehead atoms. The lowest BCUT2D eigenvalue weighted by atomic mass is 9.80. The lowest BCUT2D eigenvalue weighted by molar-refractivity contribution is 0.666. The van der Waals surface area contributed by atoms with E-state index in [-0.39, 0.29) is 5.41 Å². The monoisotopic (exact) mass is 498 g/mol. The first kappa shape index (κ1) is 22.2. The average Bonchev–Trinajstić information content (AvgIpc) is 3.23. The van der Waals surface area contributed by atoms with Crippen molar-refractivity contribution in [2.45, 2.75) is 19.3 Å². The van der Waals surface area contributed by atoms with Gasteiger partial charge in [-0.2, -0.15) is 0 Å². The third-order valence-electron chi connectivity index (χ3n) is 8.45. The van der Waals surface area contributed by atoms with Crippen molar-refractivity contribution >= 4 is 32.4 Å². The van der Waals surface area contributed by atoms with Gasteiger partial charge in [-0.15, -0.1) is 0 Å². The highest BCUT2D eigenvalue weighted by molar-refractivity contribution is 6.13. The second-order valence-corrected chi connectivity index (χ2v) is 11.0. The van der Waals surface area contributed by atoms with Gasteiger partial charge in [0.2, 0.25) is 0 Å². The third-order valence-corrected chi connectivity index (χ3v) is 8.45. The van der Waals surface area contributed by atoms with Crippen LogP contribution in [0, 0.1) is 0 Å². The summed E-state index contributed by atoms with van der Waals surface area (Å²) in [6.45, 7) is 4.68. The molecule has 0 spiro atoms. The van der Waals surface area contributed by atoms with Crippen molar-refractivity contribution < 1.29 is 0 Å². The highest BCUT2D eigenvalue weighted by Crippen LogP contribution is 2.52.